The molecule has 4 nitrogen and oxygen atoms in total. The molecule has 3 rings (SSSR count). The van der Waals surface area contributed by atoms with Crippen LogP contribution in [-0.4, -0.2) is 14.5 Å². The molecule has 0 aliphatic rings. The van der Waals surface area contributed by atoms with Crippen LogP contribution in [0.3, 0.4) is 0 Å². The molecule has 0 bridgehead atoms. The average molecular weight is 358 g/mol. The van der Waals surface area contributed by atoms with Gasteiger partial charge in [0.2, 0.25) is 0 Å². The second-order valence-corrected chi connectivity index (χ2v) is 6.38. The van der Waals surface area contributed by atoms with Crippen LogP contribution in [0.4, 0.5) is 0 Å². The van der Waals surface area contributed by atoms with E-state index < -0.39 is 0 Å². The van der Waals surface area contributed by atoms with Crippen molar-refractivity contribution in [3.8, 4) is 11.4 Å². The van der Waals surface area contributed by atoms with Gasteiger partial charge in [0.1, 0.15) is 5.82 Å². The van der Waals surface area contributed by atoms with E-state index in [-0.39, 0.29) is 5.56 Å². The molecule has 1 aromatic carbocycles. The number of aromatic nitrogens is 3. The summed E-state index contributed by atoms with van der Waals surface area (Å²) in [7, 11) is 1.75. The first-order valence-corrected chi connectivity index (χ1v) is 7.79. The predicted molar refractivity (Wildman–Crippen MR) is 92.1 cm³/mol. The largest absolute Gasteiger partial charge is 0.295 e. The van der Waals surface area contributed by atoms with Gasteiger partial charge in [-0.15, -0.1) is 0 Å². The molecule has 2 heterocycles. The first kappa shape index (κ1) is 14.9. The van der Waals surface area contributed by atoms with E-state index in [2.05, 4.69) is 20.9 Å². The third-order valence-corrected chi connectivity index (χ3v) is 4.35. The molecule has 0 radical (unpaired) electrons. The Morgan fingerprint density at radius 1 is 1.09 bits per heavy atom. The van der Waals surface area contributed by atoms with Crippen LogP contribution in [-0.2, 0) is 7.05 Å². The highest BCUT2D eigenvalue weighted by atomic mass is 79.9. The highest BCUT2D eigenvalue weighted by molar-refractivity contribution is 9.10. The van der Waals surface area contributed by atoms with Crippen molar-refractivity contribution < 1.29 is 0 Å². The fourth-order valence-electron chi connectivity index (χ4n) is 2.63. The van der Waals surface area contributed by atoms with E-state index in [9.17, 15) is 4.79 Å². The van der Waals surface area contributed by atoms with Crippen molar-refractivity contribution >= 4 is 26.8 Å². The second-order valence-electron chi connectivity index (χ2n) is 5.53. The Morgan fingerprint density at radius 3 is 2.50 bits per heavy atom. The van der Waals surface area contributed by atoms with Crippen molar-refractivity contribution in [2.45, 2.75) is 20.8 Å². The molecular formula is C17H16BrN3O. The molecule has 0 spiro atoms. The van der Waals surface area contributed by atoms with Crippen LogP contribution in [0.25, 0.3) is 22.3 Å². The van der Waals surface area contributed by atoms with E-state index in [0.29, 0.717) is 16.7 Å². The minimum absolute atomic E-state index is 0.0515. The van der Waals surface area contributed by atoms with E-state index in [4.69, 9.17) is 4.98 Å². The lowest BCUT2D eigenvalue weighted by Gasteiger charge is -2.12. The third-order valence-electron chi connectivity index (χ3n) is 3.74. The summed E-state index contributed by atoms with van der Waals surface area (Å²) in [4.78, 5) is 21.9. The average Bonchev–Trinajstić information content (AvgIpc) is 2.44. The van der Waals surface area contributed by atoms with Crippen LogP contribution in [0.15, 0.2) is 33.5 Å². The van der Waals surface area contributed by atoms with E-state index in [1.807, 2.05) is 45.0 Å². The number of fused-ring (bicyclic) bond motifs is 1. The molecule has 0 atom stereocenters. The zero-order chi connectivity index (χ0) is 16.0. The van der Waals surface area contributed by atoms with E-state index in [0.717, 1.165) is 27.0 Å². The lowest BCUT2D eigenvalue weighted by atomic mass is 10.1. The fourth-order valence-corrected chi connectivity index (χ4v) is 3.30. The molecule has 0 aliphatic heterocycles. The van der Waals surface area contributed by atoms with Gasteiger partial charge in [0.15, 0.2) is 0 Å². The first-order chi connectivity index (χ1) is 10.4. The molecule has 0 amide bonds. The lowest BCUT2D eigenvalue weighted by molar-refractivity contribution is 0.851. The molecule has 0 unspecified atom stereocenters. The zero-order valence-corrected chi connectivity index (χ0v) is 14.5. The Bertz CT molecular complexity index is 960. The molecular weight excluding hydrogens is 342 g/mol. The Balaban J connectivity index is 2.41. The molecule has 112 valence electrons. The van der Waals surface area contributed by atoms with Crippen LogP contribution < -0.4 is 5.56 Å². The standard InChI is InChI=1S/C17H16BrN3O/c1-9-7-13-15(14(18)8-9)20-16(21(4)17(13)22)12-6-5-10(2)19-11(12)3/h5-8H,1-4H3. The van der Waals surface area contributed by atoms with Crippen molar-refractivity contribution in [3.05, 3.63) is 56.0 Å². The summed E-state index contributed by atoms with van der Waals surface area (Å²) >= 11 is 3.52. The van der Waals surface area contributed by atoms with E-state index in [1.165, 1.54) is 0 Å². The Morgan fingerprint density at radius 2 is 1.82 bits per heavy atom. The molecule has 0 saturated heterocycles. The SMILES string of the molecule is Cc1cc(Br)c2nc(-c3ccc(C)nc3C)n(C)c(=O)c2c1. The van der Waals surface area contributed by atoms with Crippen molar-refractivity contribution in [2.24, 2.45) is 7.05 Å². The van der Waals surface area contributed by atoms with Crippen LogP contribution in [0, 0.1) is 20.8 Å². The number of hydrogen-bond donors (Lipinski definition) is 0. The smallest absolute Gasteiger partial charge is 0.261 e. The molecule has 3 aromatic rings. The lowest BCUT2D eigenvalue weighted by Crippen LogP contribution is -2.21. The number of nitrogens with zero attached hydrogens (tertiary/aromatic N) is 3. The summed E-state index contributed by atoms with van der Waals surface area (Å²) in [6, 6.07) is 7.74. The molecule has 0 N–H and O–H groups in total. The summed E-state index contributed by atoms with van der Waals surface area (Å²) in [5.41, 5.74) is 4.35. The van der Waals surface area contributed by atoms with Crippen LogP contribution in [0.5, 0.6) is 0 Å². The number of halogens is 1. The summed E-state index contributed by atoms with van der Waals surface area (Å²) in [5, 5.41) is 0.621. The topological polar surface area (TPSA) is 47.8 Å². The Kier molecular flexibility index (Phi) is 3.60. The van der Waals surface area contributed by atoms with Gasteiger partial charge in [0.05, 0.1) is 10.9 Å². The van der Waals surface area contributed by atoms with E-state index in [1.54, 1.807) is 11.6 Å². The van der Waals surface area contributed by atoms with Gasteiger partial charge >= 0.3 is 0 Å². The number of rotatable bonds is 1. The normalized spacial score (nSPS) is 11.1. The maximum Gasteiger partial charge on any atom is 0.261 e. The quantitative estimate of drug-likeness (QED) is 0.667. The van der Waals surface area contributed by atoms with Crippen molar-refractivity contribution in [2.75, 3.05) is 0 Å². The maximum atomic E-state index is 12.7. The monoisotopic (exact) mass is 357 g/mol. The summed E-state index contributed by atoms with van der Waals surface area (Å²) in [6.45, 7) is 5.84. The van der Waals surface area contributed by atoms with Gasteiger partial charge in [-0.1, -0.05) is 0 Å². The highest BCUT2D eigenvalue weighted by Crippen LogP contribution is 2.26. The summed E-state index contributed by atoms with van der Waals surface area (Å²) in [6.07, 6.45) is 0. The number of aryl methyl sites for hydroxylation is 3. The van der Waals surface area contributed by atoms with Gasteiger partial charge in [-0.25, -0.2) is 4.98 Å². The maximum absolute atomic E-state index is 12.7. The Hall–Kier alpha value is -2.01. The third kappa shape index (κ3) is 2.35. The van der Waals surface area contributed by atoms with Crippen LogP contribution in [0.2, 0.25) is 0 Å². The molecule has 0 aliphatic carbocycles. The predicted octanol–water partition coefficient (Wildman–Crippen LogP) is 3.68. The van der Waals surface area contributed by atoms with Gasteiger partial charge in [-0.3, -0.25) is 14.3 Å². The zero-order valence-electron chi connectivity index (χ0n) is 12.9. The fraction of sp³-hybridized carbons (Fsp3) is 0.235. The number of benzene rings is 1. The number of pyridine rings is 1. The van der Waals surface area contributed by atoms with Gasteiger partial charge in [0.25, 0.3) is 5.56 Å². The first-order valence-electron chi connectivity index (χ1n) is 7.00. The van der Waals surface area contributed by atoms with E-state index >= 15 is 0 Å². The highest BCUT2D eigenvalue weighted by Gasteiger charge is 2.14. The van der Waals surface area contributed by atoms with Crippen molar-refractivity contribution in [1.29, 1.82) is 0 Å². The molecule has 0 fully saturated rings. The summed E-state index contributed by atoms with van der Waals surface area (Å²) in [5.74, 6) is 0.632. The van der Waals surface area contributed by atoms with Gasteiger partial charge in [0, 0.05) is 28.5 Å². The van der Waals surface area contributed by atoms with Gasteiger partial charge in [-0.2, -0.15) is 0 Å². The minimum Gasteiger partial charge on any atom is -0.295 e. The van der Waals surface area contributed by atoms with Crippen molar-refractivity contribution in [1.82, 2.24) is 14.5 Å². The second kappa shape index (κ2) is 5.32. The van der Waals surface area contributed by atoms with Crippen molar-refractivity contribution in [3.63, 3.8) is 0 Å². The molecule has 22 heavy (non-hydrogen) atoms. The molecule has 5 heteroatoms. The number of hydrogen-bond acceptors (Lipinski definition) is 3. The Labute approximate surface area is 137 Å². The summed E-state index contributed by atoms with van der Waals surface area (Å²) < 4.78 is 2.42. The minimum atomic E-state index is -0.0515. The van der Waals surface area contributed by atoms with Gasteiger partial charge < -0.3 is 0 Å². The van der Waals surface area contributed by atoms with Crippen LogP contribution >= 0.6 is 15.9 Å². The molecule has 2 aromatic heterocycles. The van der Waals surface area contributed by atoms with Gasteiger partial charge in [-0.05, 0) is 66.5 Å². The molecule has 0 saturated carbocycles. The van der Waals surface area contributed by atoms with Crippen LogP contribution in [0.1, 0.15) is 17.0 Å².